The Morgan fingerprint density at radius 2 is 2.00 bits per heavy atom. The summed E-state index contributed by atoms with van der Waals surface area (Å²) in [5.74, 6) is 7.04. The van der Waals surface area contributed by atoms with E-state index in [1.54, 1.807) is 0 Å². The number of nitrogen functional groups attached to an aromatic ring is 1. The van der Waals surface area contributed by atoms with Gasteiger partial charge >= 0.3 is 0 Å². The molecule has 1 aromatic heterocycles. The fourth-order valence-corrected chi connectivity index (χ4v) is 1.68. The van der Waals surface area contributed by atoms with Gasteiger partial charge < -0.3 is 5.43 Å². The molecule has 0 aromatic carbocycles. The minimum Gasteiger partial charge on any atom is -0.308 e. The topological polar surface area (TPSA) is 63.8 Å². The fourth-order valence-electron chi connectivity index (χ4n) is 1.68. The lowest BCUT2D eigenvalue weighted by atomic mass is 10.1. The number of aromatic nitrogens is 2. The highest BCUT2D eigenvalue weighted by Crippen LogP contribution is 2.18. The molecular formula is C11H20N4. The van der Waals surface area contributed by atoms with Crippen molar-refractivity contribution in [1.29, 1.82) is 0 Å². The van der Waals surface area contributed by atoms with Gasteiger partial charge in [0.05, 0.1) is 0 Å². The van der Waals surface area contributed by atoms with Crippen molar-refractivity contribution in [1.82, 2.24) is 9.97 Å². The number of nitrogens with two attached hydrogens (primary N) is 1. The van der Waals surface area contributed by atoms with Gasteiger partial charge in [-0.3, -0.25) is 0 Å². The molecule has 0 radical (unpaired) electrons. The molecule has 1 aromatic rings. The molecule has 0 bridgehead atoms. The summed E-state index contributed by atoms with van der Waals surface area (Å²) in [4.78, 5) is 8.75. The van der Waals surface area contributed by atoms with Gasteiger partial charge in [-0.25, -0.2) is 15.8 Å². The van der Waals surface area contributed by atoms with Crippen LogP contribution in [0.5, 0.6) is 0 Å². The van der Waals surface area contributed by atoms with Crippen molar-refractivity contribution in [3.05, 3.63) is 17.1 Å². The first-order valence-corrected chi connectivity index (χ1v) is 5.55. The zero-order valence-corrected chi connectivity index (χ0v) is 9.80. The van der Waals surface area contributed by atoms with E-state index in [1.165, 1.54) is 12.0 Å². The van der Waals surface area contributed by atoms with Crippen molar-refractivity contribution >= 4 is 5.82 Å². The lowest BCUT2D eigenvalue weighted by Gasteiger charge is -2.12. The average Bonchev–Trinajstić information content (AvgIpc) is 2.26. The first-order valence-electron chi connectivity index (χ1n) is 5.55. The summed E-state index contributed by atoms with van der Waals surface area (Å²) in [5, 5.41) is 0. The zero-order valence-electron chi connectivity index (χ0n) is 9.80. The first kappa shape index (κ1) is 11.9. The molecular weight excluding hydrogens is 188 g/mol. The number of rotatable bonds is 5. The number of nitrogens with zero attached hydrogens (tertiary/aromatic N) is 2. The highest BCUT2D eigenvalue weighted by molar-refractivity contribution is 5.45. The molecule has 0 aliphatic heterocycles. The van der Waals surface area contributed by atoms with E-state index < -0.39 is 0 Å². The highest BCUT2D eigenvalue weighted by Gasteiger charge is 2.10. The van der Waals surface area contributed by atoms with Crippen LogP contribution in [0.1, 0.15) is 43.8 Å². The number of anilines is 1. The van der Waals surface area contributed by atoms with E-state index in [4.69, 9.17) is 5.84 Å². The maximum absolute atomic E-state index is 5.47. The zero-order chi connectivity index (χ0) is 11.3. The lowest BCUT2D eigenvalue weighted by molar-refractivity contribution is 0.770. The quantitative estimate of drug-likeness (QED) is 0.573. The second kappa shape index (κ2) is 5.66. The number of hydrogen-bond donors (Lipinski definition) is 2. The van der Waals surface area contributed by atoms with Crippen LogP contribution in [0.2, 0.25) is 0 Å². The molecule has 0 fully saturated rings. The van der Waals surface area contributed by atoms with Gasteiger partial charge in [-0.1, -0.05) is 20.3 Å². The second-order valence-electron chi connectivity index (χ2n) is 3.65. The van der Waals surface area contributed by atoms with Crippen LogP contribution in [-0.4, -0.2) is 9.97 Å². The van der Waals surface area contributed by atoms with Crippen LogP contribution in [0.25, 0.3) is 0 Å². The van der Waals surface area contributed by atoms with Gasteiger partial charge in [0.2, 0.25) is 0 Å². The Balaban J connectivity index is 3.06. The van der Waals surface area contributed by atoms with Gasteiger partial charge in [0, 0.05) is 11.3 Å². The third-order valence-electron chi connectivity index (χ3n) is 2.46. The van der Waals surface area contributed by atoms with Crippen LogP contribution in [0.3, 0.4) is 0 Å². The third kappa shape index (κ3) is 2.89. The van der Waals surface area contributed by atoms with Crippen molar-refractivity contribution in [2.45, 2.75) is 46.5 Å². The summed E-state index contributed by atoms with van der Waals surface area (Å²) in [5.41, 5.74) is 4.96. The van der Waals surface area contributed by atoms with Gasteiger partial charge in [-0.05, 0) is 26.2 Å². The average molecular weight is 208 g/mol. The van der Waals surface area contributed by atoms with Crippen LogP contribution in [0.15, 0.2) is 0 Å². The van der Waals surface area contributed by atoms with Crippen LogP contribution in [0, 0.1) is 6.92 Å². The van der Waals surface area contributed by atoms with Gasteiger partial charge in [-0.15, -0.1) is 0 Å². The Hall–Kier alpha value is -1.16. The van der Waals surface area contributed by atoms with Gasteiger partial charge in [0.25, 0.3) is 0 Å². The largest absolute Gasteiger partial charge is 0.308 e. The molecule has 0 saturated carbocycles. The van der Waals surface area contributed by atoms with Crippen molar-refractivity contribution < 1.29 is 0 Å². The maximum Gasteiger partial charge on any atom is 0.147 e. The first-order chi connectivity index (χ1) is 7.22. The second-order valence-corrected chi connectivity index (χ2v) is 3.65. The van der Waals surface area contributed by atoms with Gasteiger partial charge in [0.15, 0.2) is 0 Å². The number of unbranched alkanes of at least 4 members (excludes halogenated alkanes) is 1. The fraction of sp³-hybridized carbons (Fsp3) is 0.636. The molecule has 15 heavy (non-hydrogen) atoms. The van der Waals surface area contributed by atoms with Crippen LogP contribution in [-0.2, 0) is 12.8 Å². The number of hydrogen-bond acceptors (Lipinski definition) is 4. The molecule has 4 heteroatoms. The van der Waals surface area contributed by atoms with Crippen LogP contribution in [0.4, 0.5) is 5.82 Å². The van der Waals surface area contributed by atoms with E-state index in [9.17, 15) is 0 Å². The number of hydrazine groups is 1. The Labute approximate surface area is 91.3 Å². The van der Waals surface area contributed by atoms with Crippen LogP contribution < -0.4 is 11.3 Å². The standard InChI is InChI=1S/C11H20N4/c1-4-6-7-9-10(5-2)13-8(3)14-11(9)15-12/h4-7,12H2,1-3H3,(H,13,14,15). The molecule has 0 aliphatic carbocycles. The SMILES string of the molecule is CCCCc1c(CC)nc(C)nc1NN. The normalized spacial score (nSPS) is 10.4. The molecule has 84 valence electrons. The monoisotopic (exact) mass is 208 g/mol. The Kier molecular flexibility index (Phi) is 4.49. The minimum absolute atomic E-state index is 0.778. The summed E-state index contributed by atoms with van der Waals surface area (Å²) >= 11 is 0. The Morgan fingerprint density at radius 1 is 1.27 bits per heavy atom. The molecule has 0 unspecified atom stereocenters. The summed E-state index contributed by atoms with van der Waals surface area (Å²) < 4.78 is 0. The molecule has 4 nitrogen and oxygen atoms in total. The highest BCUT2D eigenvalue weighted by atomic mass is 15.3. The van der Waals surface area contributed by atoms with Crippen molar-refractivity contribution in [3.8, 4) is 0 Å². The molecule has 0 amide bonds. The Bertz CT molecular complexity index is 297. The molecule has 1 heterocycles. The van der Waals surface area contributed by atoms with E-state index >= 15 is 0 Å². The molecule has 0 saturated heterocycles. The minimum atomic E-state index is 0.778. The van der Waals surface area contributed by atoms with E-state index in [0.29, 0.717) is 0 Å². The third-order valence-corrected chi connectivity index (χ3v) is 2.46. The van der Waals surface area contributed by atoms with Crippen LogP contribution >= 0.6 is 0 Å². The van der Waals surface area contributed by atoms with Crippen molar-refractivity contribution in [2.75, 3.05) is 5.43 Å². The lowest BCUT2D eigenvalue weighted by Crippen LogP contribution is -2.15. The summed E-state index contributed by atoms with van der Waals surface area (Å²) in [6.07, 6.45) is 4.24. The molecule has 3 N–H and O–H groups in total. The predicted octanol–water partition coefficient (Wildman–Crippen LogP) is 1.98. The van der Waals surface area contributed by atoms with E-state index in [-0.39, 0.29) is 0 Å². The molecule has 0 atom stereocenters. The Morgan fingerprint density at radius 3 is 2.53 bits per heavy atom. The van der Waals surface area contributed by atoms with Crippen molar-refractivity contribution in [3.63, 3.8) is 0 Å². The maximum atomic E-state index is 5.47. The molecule has 0 aliphatic rings. The summed E-state index contributed by atoms with van der Waals surface area (Å²) in [6.45, 7) is 6.18. The van der Waals surface area contributed by atoms with Gasteiger partial charge in [0.1, 0.15) is 11.6 Å². The van der Waals surface area contributed by atoms with Gasteiger partial charge in [-0.2, -0.15) is 0 Å². The summed E-state index contributed by atoms with van der Waals surface area (Å²) in [6, 6.07) is 0. The number of aryl methyl sites for hydroxylation is 2. The van der Waals surface area contributed by atoms with Crippen molar-refractivity contribution in [2.24, 2.45) is 5.84 Å². The molecule has 0 spiro atoms. The molecule has 1 rings (SSSR count). The number of nitrogens with one attached hydrogen (secondary N) is 1. The smallest absolute Gasteiger partial charge is 0.147 e. The van der Waals surface area contributed by atoms with E-state index in [1.807, 2.05) is 6.92 Å². The predicted molar refractivity (Wildman–Crippen MR) is 62.6 cm³/mol. The summed E-state index contributed by atoms with van der Waals surface area (Å²) in [7, 11) is 0. The van der Waals surface area contributed by atoms with E-state index in [2.05, 4.69) is 29.2 Å². The van der Waals surface area contributed by atoms with E-state index in [0.717, 1.165) is 36.6 Å².